The fourth-order valence-electron chi connectivity index (χ4n) is 1.76. The minimum atomic E-state index is -0.216. The molecule has 100 valence electrons. The van der Waals surface area contributed by atoms with E-state index < -0.39 is 0 Å². The Kier molecular flexibility index (Phi) is 4.66. The van der Waals surface area contributed by atoms with Crippen molar-refractivity contribution in [3.05, 3.63) is 57.4 Å². The molecular weight excluding hydrogens is 330 g/mol. The van der Waals surface area contributed by atoms with Crippen molar-refractivity contribution in [3.8, 4) is 0 Å². The normalized spacial score (nSPS) is 12.2. The van der Waals surface area contributed by atoms with E-state index >= 15 is 0 Å². The average molecular weight is 343 g/mol. The van der Waals surface area contributed by atoms with E-state index in [1.165, 1.54) is 0 Å². The molecule has 0 aliphatic rings. The third kappa shape index (κ3) is 4.11. The topological polar surface area (TPSA) is 42.2 Å². The highest BCUT2D eigenvalue weighted by molar-refractivity contribution is 9.10. The van der Waals surface area contributed by atoms with Crippen LogP contribution in [0.25, 0.3) is 0 Å². The van der Waals surface area contributed by atoms with E-state index in [4.69, 9.17) is 16.0 Å². The summed E-state index contributed by atoms with van der Waals surface area (Å²) in [7, 11) is 0. The maximum absolute atomic E-state index is 11.9. The Balaban J connectivity index is 1.92. The Hall–Kier alpha value is -1.26. The molecule has 0 aliphatic heterocycles. The van der Waals surface area contributed by atoms with Gasteiger partial charge in [-0.25, -0.2) is 0 Å². The zero-order valence-corrected chi connectivity index (χ0v) is 12.7. The summed E-state index contributed by atoms with van der Waals surface area (Å²) in [6, 6.07) is 10.9. The van der Waals surface area contributed by atoms with Crippen molar-refractivity contribution in [3.63, 3.8) is 0 Å². The SMILES string of the molecule is CC(Cc1ccc(Cl)cc1)NC(=O)c1ccc(Br)o1. The van der Waals surface area contributed by atoms with Crippen LogP contribution in [-0.2, 0) is 6.42 Å². The highest BCUT2D eigenvalue weighted by Gasteiger charge is 2.13. The number of hydrogen-bond acceptors (Lipinski definition) is 2. The molecule has 1 amide bonds. The van der Waals surface area contributed by atoms with E-state index in [0.29, 0.717) is 15.5 Å². The molecule has 0 spiro atoms. The molecule has 1 aromatic heterocycles. The quantitative estimate of drug-likeness (QED) is 0.910. The lowest BCUT2D eigenvalue weighted by Crippen LogP contribution is -2.33. The van der Waals surface area contributed by atoms with E-state index in [0.717, 1.165) is 12.0 Å². The minimum absolute atomic E-state index is 0.0116. The molecule has 1 N–H and O–H groups in total. The van der Waals surface area contributed by atoms with Gasteiger partial charge in [0.05, 0.1) is 0 Å². The fraction of sp³-hybridized carbons (Fsp3) is 0.214. The first kappa shape index (κ1) is 14.2. The second kappa shape index (κ2) is 6.26. The van der Waals surface area contributed by atoms with Crippen LogP contribution in [0.2, 0.25) is 5.02 Å². The third-order valence-electron chi connectivity index (χ3n) is 2.63. The van der Waals surface area contributed by atoms with Crippen LogP contribution in [0.3, 0.4) is 0 Å². The molecule has 0 fully saturated rings. The second-order valence-corrected chi connectivity index (χ2v) is 5.53. The molecule has 0 bridgehead atoms. The van der Waals surface area contributed by atoms with Crippen LogP contribution < -0.4 is 5.32 Å². The van der Waals surface area contributed by atoms with Gasteiger partial charge in [-0.05, 0) is 59.1 Å². The Morgan fingerprint density at radius 1 is 1.32 bits per heavy atom. The average Bonchev–Trinajstić information content (AvgIpc) is 2.79. The molecule has 1 heterocycles. The molecular formula is C14H13BrClNO2. The summed E-state index contributed by atoms with van der Waals surface area (Å²) in [5, 5.41) is 3.60. The van der Waals surface area contributed by atoms with Gasteiger partial charge in [-0.15, -0.1) is 0 Å². The lowest BCUT2D eigenvalue weighted by molar-refractivity contribution is 0.0911. The number of benzene rings is 1. The van der Waals surface area contributed by atoms with Crippen molar-refractivity contribution < 1.29 is 9.21 Å². The molecule has 19 heavy (non-hydrogen) atoms. The summed E-state index contributed by atoms with van der Waals surface area (Å²) in [5.41, 5.74) is 1.12. The fourth-order valence-corrected chi connectivity index (χ4v) is 2.19. The van der Waals surface area contributed by atoms with E-state index in [1.807, 2.05) is 31.2 Å². The van der Waals surface area contributed by atoms with Gasteiger partial charge in [0.1, 0.15) is 0 Å². The molecule has 1 atom stereocenters. The van der Waals surface area contributed by atoms with Crippen LogP contribution in [-0.4, -0.2) is 11.9 Å². The second-order valence-electron chi connectivity index (χ2n) is 4.31. The number of nitrogens with one attached hydrogen (secondary N) is 1. The van der Waals surface area contributed by atoms with Gasteiger partial charge in [-0.3, -0.25) is 4.79 Å². The van der Waals surface area contributed by atoms with Crippen LogP contribution in [0, 0.1) is 0 Å². The van der Waals surface area contributed by atoms with E-state index in [2.05, 4.69) is 21.2 Å². The Morgan fingerprint density at radius 2 is 2.00 bits per heavy atom. The number of halogens is 2. The maximum atomic E-state index is 11.9. The van der Waals surface area contributed by atoms with Crippen LogP contribution >= 0.6 is 27.5 Å². The minimum Gasteiger partial charge on any atom is -0.444 e. The van der Waals surface area contributed by atoms with Gasteiger partial charge in [-0.1, -0.05) is 23.7 Å². The van der Waals surface area contributed by atoms with Gasteiger partial charge in [-0.2, -0.15) is 0 Å². The Bertz CT molecular complexity index is 565. The van der Waals surface area contributed by atoms with Crippen molar-refractivity contribution in [2.75, 3.05) is 0 Å². The summed E-state index contributed by atoms with van der Waals surface area (Å²) in [4.78, 5) is 11.9. The van der Waals surface area contributed by atoms with Gasteiger partial charge in [0.2, 0.25) is 0 Å². The molecule has 0 radical (unpaired) electrons. The zero-order chi connectivity index (χ0) is 13.8. The van der Waals surface area contributed by atoms with Gasteiger partial charge in [0, 0.05) is 11.1 Å². The van der Waals surface area contributed by atoms with Crippen LogP contribution in [0.1, 0.15) is 23.0 Å². The summed E-state index contributed by atoms with van der Waals surface area (Å²) in [6.45, 7) is 1.95. The lowest BCUT2D eigenvalue weighted by atomic mass is 10.1. The summed E-state index contributed by atoms with van der Waals surface area (Å²) in [5.74, 6) is 0.0852. The lowest BCUT2D eigenvalue weighted by Gasteiger charge is -2.13. The Morgan fingerprint density at radius 3 is 2.58 bits per heavy atom. The summed E-state index contributed by atoms with van der Waals surface area (Å²) < 4.78 is 5.74. The largest absolute Gasteiger partial charge is 0.444 e. The van der Waals surface area contributed by atoms with Crippen LogP contribution in [0.15, 0.2) is 45.5 Å². The third-order valence-corrected chi connectivity index (χ3v) is 3.31. The first-order valence-electron chi connectivity index (χ1n) is 5.85. The van der Waals surface area contributed by atoms with Crippen LogP contribution in [0.5, 0.6) is 0 Å². The van der Waals surface area contributed by atoms with Crippen molar-refractivity contribution in [2.45, 2.75) is 19.4 Å². The number of carbonyl (C=O) groups is 1. The van der Waals surface area contributed by atoms with E-state index in [1.54, 1.807) is 12.1 Å². The standard InChI is InChI=1S/C14H13BrClNO2/c1-9(8-10-2-4-11(16)5-3-10)17-14(18)12-6-7-13(15)19-12/h2-7,9H,8H2,1H3,(H,17,18). The molecule has 2 rings (SSSR count). The predicted molar refractivity (Wildman–Crippen MR) is 78.5 cm³/mol. The van der Waals surface area contributed by atoms with Gasteiger partial charge in [0.15, 0.2) is 10.4 Å². The first-order valence-corrected chi connectivity index (χ1v) is 7.02. The number of rotatable bonds is 4. The molecule has 1 aromatic carbocycles. The highest BCUT2D eigenvalue weighted by Crippen LogP contribution is 2.14. The summed E-state index contributed by atoms with van der Waals surface area (Å²) in [6.07, 6.45) is 0.741. The molecule has 0 saturated heterocycles. The molecule has 5 heteroatoms. The van der Waals surface area contributed by atoms with Crippen molar-refractivity contribution >= 4 is 33.4 Å². The molecule has 0 saturated carbocycles. The molecule has 0 aliphatic carbocycles. The van der Waals surface area contributed by atoms with Crippen molar-refractivity contribution in [1.29, 1.82) is 0 Å². The molecule has 1 unspecified atom stereocenters. The first-order chi connectivity index (χ1) is 9.04. The van der Waals surface area contributed by atoms with Crippen molar-refractivity contribution in [1.82, 2.24) is 5.32 Å². The number of amides is 1. The van der Waals surface area contributed by atoms with E-state index in [-0.39, 0.29) is 11.9 Å². The molecule has 3 nitrogen and oxygen atoms in total. The van der Waals surface area contributed by atoms with Crippen molar-refractivity contribution in [2.24, 2.45) is 0 Å². The zero-order valence-electron chi connectivity index (χ0n) is 10.3. The number of hydrogen-bond donors (Lipinski definition) is 1. The van der Waals surface area contributed by atoms with Gasteiger partial charge in [0.25, 0.3) is 5.91 Å². The van der Waals surface area contributed by atoms with E-state index in [9.17, 15) is 4.79 Å². The summed E-state index contributed by atoms with van der Waals surface area (Å²) >= 11 is 9.00. The predicted octanol–water partition coefficient (Wildman–Crippen LogP) is 4.06. The smallest absolute Gasteiger partial charge is 0.287 e. The van der Waals surface area contributed by atoms with Crippen LogP contribution in [0.4, 0.5) is 0 Å². The molecule has 2 aromatic rings. The van der Waals surface area contributed by atoms with Gasteiger partial charge < -0.3 is 9.73 Å². The number of carbonyl (C=O) groups excluding carboxylic acids is 1. The Labute approximate surface area is 125 Å². The highest BCUT2D eigenvalue weighted by atomic mass is 79.9. The monoisotopic (exact) mass is 341 g/mol. The van der Waals surface area contributed by atoms with Gasteiger partial charge >= 0.3 is 0 Å². The number of furan rings is 1. The maximum Gasteiger partial charge on any atom is 0.287 e.